The molecule has 0 bridgehead atoms. The maximum Gasteiger partial charge on any atom is 0.338 e. The second-order valence-corrected chi connectivity index (χ2v) is 6.65. The van der Waals surface area contributed by atoms with E-state index in [-0.39, 0.29) is 16.1 Å². The number of pyridine rings is 2. The lowest BCUT2D eigenvalue weighted by Gasteiger charge is -2.15. The van der Waals surface area contributed by atoms with Crippen LogP contribution in [0.4, 0.5) is 0 Å². The predicted octanol–water partition coefficient (Wildman–Crippen LogP) is 4.19. The van der Waals surface area contributed by atoms with Gasteiger partial charge < -0.3 is 14.7 Å². The number of hydrogen-bond donors (Lipinski definition) is 2. The third-order valence-corrected chi connectivity index (χ3v) is 4.86. The minimum atomic E-state index is -1.14. The quantitative estimate of drug-likeness (QED) is 0.644. The summed E-state index contributed by atoms with van der Waals surface area (Å²) in [5, 5.41) is 10.3. The highest BCUT2D eigenvalue weighted by molar-refractivity contribution is 6.36. The fraction of sp³-hybridized carbons (Fsp3) is 0.250. The average Bonchev–Trinajstić information content (AvgIpc) is 3.03. The third-order valence-electron chi connectivity index (χ3n) is 4.47. The summed E-state index contributed by atoms with van der Waals surface area (Å²) in [6.45, 7) is 6.09. The Bertz CT molecular complexity index is 1130. The molecule has 27 heavy (non-hydrogen) atoms. The van der Waals surface area contributed by atoms with Crippen LogP contribution in [-0.4, -0.2) is 25.6 Å². The number of rotatable bonds is 5. The average molecular weight is 386 g/mol. The van der Waals surface area contributed by atoms with Gasteiger partial charge in [0.05, 0.1) is 10.6 Å². The van der Waals surface area contributed by atoms with E-state index in [0.29, 0.717) is 40.7 Å². The molecule has 0 saturated heterocycles. The molecule has 6 nitrogen and oxygen atoms in total. The monoisotopic (exact) mass is 385 g/mol. The molecule has 0 amide bonds. The molecular weight excluding hydrogens is 366 g/mol. The maximum absolute atomic E-state index is 12.8. The molecule has 0 saturated carbocycles. The molecule has 7 heteroatoms. The third kappa shape index (κ3) is 3.28. The SMILES string of the molecule is C/C=C/Cn1cc(-c2c(CC)ncc(C(=O)O)c2Cl)c2cc(C)[nH]c2c1=O. The first-order valence-electron chi connectivity index (χ1n) is 8.63. The number of aromatic carboxylic acids is 1. The van der Waals surface area contributed by atoms with Gasteiger partial charge in [-0.15, -0.1) is 0 Å². The number of carboxylic acids is 1. The van der Waals surface area contributed by atoms with Gasteiger partial charge in [-0.3, -0.25) is 9.78 Å². The highest BCUT2D eigenvalue weighted by Crippen LogP contribution is 2.37. The van der Waals surface area contributed by atoms with Crippen LogP contribution in [0.5, 0.6) is 0 Å². The number of allylic oxidation sites excluding steroid dienone is 2. The Hall–Kier alpha value is -2.86. The van der Waals surface area contributed by atoms with Crippen molar-refractivity contribution in [2.24, 2.45) is 0 Å². The molecule has 0 spiro atoms. The second-order valence-electron chi connectivity index (χ2n) is 6.28. The van der Waals surface area contributed by atoms with Crippen molar-refractivity contribution < 1.29 is 9.90 Å². The molecule has 0 fully saturated rings. The van der Waals surface area contributed by atoms with E-state index in [1.54, 1.807) is 10.8 Å². The van der Waals surface area contributed by atoms with Crippen LogP contribution in [0.1, 0.15) is 35.6 Å². The first-order valence-corrected chi connectivity index (χ1v) is 9.01. The van der Waals surface area contributed by atoms with Gasteiger partial charge in [0.2, 0.25) is 0 Å². The number of fused-ring (bicyclic) bond motifs is 1. The Labute approximate surface area is 161 Å². The van der Waals surface area contributed by atoms with E-state index in [4.69, 9.17) is 11.6 Å². The van der Waals surface area contributed by atoms with Gasteiger partial charge in [-0.25, -0.2) is 4.79 Å². The van der Waals surface area contributed by atoms with Crippen LogP contribution in [0, 0.1) is 6.92 Å². The van der Waals surface area contributed by atoms with E-state index < -0.39 is 5.97 Å². The number of nitrogens with zero attached hydrogens (tertiary/aromatic N) is 2. The smallest absolute Gasteiger partial charge is 0.338 e. The number of aromatic nitrogens is 3. The van der Waals surface area contributed by atoms with Gasteiger partial charge in [-0.05, 0) is 26.3 Å². The van der Waals surface area contributed by atoms with Gasteiger partial charge in [-0.1, -0.05) is 30.7 Å². The molecule has 0 aromatic carbocycles. The topological polar surface area (TPSA) is 88.0 Å². The van der Waals surface area contributed by atoms with Gasteiger partial charge in [0, 0.05) is 46.8 Å². The van der Waals surface area contributed by atoms with Crippen molar-refractivity contribution in [1.82, 2.24) is 14.5 Å². The summed E-state index contributed by atoms with van der Waals surface area (Å²) < 4.78 is 1.58. The first-order chi connectivity index (χ1) is 12.9. The minimum absolute atomic E-state index is 0.0597. The Morgan fingerprint density at radius 2 is 2.19 bits per heavy atom. The molecule has 0 aliphatic heterocycles. The maximum atomic E-state index is 12.8. The van der Waals surface area contributed by atoms with Crippen molar-refractivity contribution >= 4 is 28.5 Å². The van der Waals surface area contributed by atoms with E-state index in [1.807, 2.05) is 39.0 Å². The van der Waals surface area contributed by atoms with Crippen LogP contribution >= 0.6 is 11.6 Å². The summed E-state index contributed by atoms with van der Waals surface area (Å²) in [6, 6.07) is 1.87. The standard InChI is InChI=1S/C20H20ClN3O3/c1-4-6-7-24-10-14(12-8-11(3)23-18(12)19(24)25)16-15(5-2)22-9-13(17(16)21)20(26)27/h4,6,8-10,23H,5,7H2,1-3H3,(H,26,27)/b6-4+. The van der Waals surface area contributed by atoms with Crippen molar-refractivity contribution in [2.45, 2.75) is 33.7 Å². The van der Waals surface area contributed by atoms with E-state index >= 15 is 0 Å². The van der Waals surface area contributed by atoms with E-state index in [0.717, 1.165) is 5.69 Å². The fourth-order valence-electron chi connectivity index (χ4n) is 3.17. The largest absolute Gasteiger partial charge is 0.478 e. The number of H-pyrrole nitrogens is 1. The van der Waals surface area contributed by atoms with E-state index in [2.05, 4.69) is 9.97 Å². The summed E-state index contributed by atoms with van der Waals surface area (Å²) in [5.41, 5.74) is 3.03. The number of aromatic amines is 1. The van der Waals surface area contributed by atoms with Crippen LogP contribution in [-0.2, 0) is 13.0 Å². The number of carboxylic acid groups (broad SMARTS) is 1. The second kappa shape index (κ2) is 7.40. The summed E-state index contributed by atoms with van der Waals surface area (Å²) in [5.74, 6) is -1.14. The van der Waals surface area contributed by atoms with Crippen molar-refractivity contribution in [2.75, 3.05) is 0 Å². The normalized spacial score (nSPS) is 11.6. The molecule has 3 heterocycles. The Morgan fingerprint density at radius 3 is 2.81 bits per heavy atom. The predicted molar refractivity (Wildman–Crippen MR) is 107 cm³/mol. The van der Waals surface area contributed by atoms with Gasteiger partial charge in [0.25, 0.3) is 5.56 Å². The number of aryl methyl sites for hydroxylation is 2. The summed E-state index contributed by atoms with van der Waals surface area (Å²) in [4.78, 5) is 31.8. The number of hydrogen-bond acceptors (Lipinski definition) is 3. The number of carbonyl (C=O) groups is 1. The van der Waals surface area contributed by atoms with Gasteiger partial charge in [0.15, 0.2) is 0 Å². The molecule has 0 aliphatic rings. The Balaban J connectivity index is 2.44. The Kier molecular flexibility index (Phi) is 5.19. The summed E-state index contributed by atoms with van der Waals surface area (Å²) in [7, 11) is 0. The molecule has 140 valence electrons. The molecule has 0 atom stereocenters. The Morgan fingerprint density at radius 1 is 1.44 bits per heavy atom. The van der Waals surface area contributed by atoms with Crippen molar-refractivity contribution in [3.05, 3.63) is 62.9 Å². The summed E-state index contributed by atoms with van der Waals surface area (Å²) in [6.07, 6.45) is 7.33. The summed E-state index contributed by atoms with van der Waals surface area (Å²) >= 11 is 6.49. The van der Waals surface area contributed by atoms with Gasteiger partial charge in [-0.2, -0.15) is 0 Å². The minimum Gasteiger partial charge on any atom is -0.478 e. The van der Waals surface area contributed by atoms with Crippen molar-refractivity contribution in [3.8, 4) is 11.1 Å². The van der Waals surface area contributed by atoms with Crippen LogP contribution in [0.3, 0.4) is 0 Å². The molecule has 3 rings (SSSR count). The molecule has 0 radical (unpaired) electrons. The molecule has 3 aromatic rings. The van der Waals surface area contributed by atoms with Crippen LogP contribution in [0.2, 0.25) is 5.02 Å². The fourth-order valence-corrected chi connectivity index (χ4v) is 3.51. The van der Waals surface area contributed by atoms with Crippen molar-refractivity contribution in [3.63, 3.8) is 0 Å². The zero-order valence-corrected chi connectivity index (χ0v) is 16.1. The van der Waals surface area contributed by atoms with E-state index in [9.17, 15) is 14.7 Å². The molecular formula is C20H20ClN3O3. The zero-order valence-electron chi connectivity index (χ0n) is 15.3. The highest BCUT2D eigenvalue weighted by Gasteiger charge is 2.22. The lowest BCUT2D eigenvalue weighted by Crippen LogP contribution is -2.20. The van der Waals surface area contributed by atoms with Crippen LogP contribution in [0.25, 0.3) is 22.0 Å². The highest BCUT2D eigenvalue weighted by atomic mass is 35.5. The lowest BCUT2D eigenvalue weighted by atomic mass is 9.99. The van der Waals surface area contributed by atoms with Gasteiger partial charge in [0.1, 0.15) is 5.52 Å². The first kappa shape index (κ1) is 18.9. The molecule has 3 aromatic heterocycles. The molecule has 2 N–H and O–H groups in total. The lowest BCUT2D eigenvalue weighted by molar-refractivity contribution is 0.0696. The van der Waals surface area contributed by atoms with Gasteiger partial charge >= 0.3 is 5.97 Å². The molecule has 0 aliphatic carbocycles. The number of halogens is 1. The molecule has 0 unspecified atom stereocenters. The van der Waals surface area contributed by atoms with Crippen LogP contribution < -0.4 is 5.56 Å². The van der Waals surface area contributed by atoms with E-state index in [1.165, 1.54) is 6.20 Å². The van der Waals surface area contributed by atoms with Crippen molar-refractivity contribution in [1.29, 1.82) is 0 Å². The zero-order chi connectivity index (χ0) is 19.7. The van der Waals surface area contributed by atoms with Crippen LogP contribution in [0.15, 0.2) is 35.4 Å². The number of nitrogens with one attached hydrogen (secondary N) is 1.